The van der Waals surface area contributed by atoms with Crippen molar-refractivity contribution in [3.8, 4) is 6.07 Å². The van der Waals surface area contributed by atoms with Gasteiger partial charge in [-0.15, -0.1) is 0 Å². The van der Waals surface area contributed by atoms with Gasteiger partial charge in [-0.2, -0.15) is 5.26 Å². The minimum atomic E-state index is -3.03. The Bertz CT molecular complexity index is 202. The van der Waals surface area contributed by atoms with Gasteiger partial charge in [0, 0.05) is 26.2 Å². The number of aliphatic hydroxyl groups excluding tert-OH is 1. The summed E-state index contributed by atoms with van der Waals surface area (Å²) in [5, 5.41) is 18.5. The molecule has 0 saturated carbocycles. The van der Waals surface area contributed by atoms with Crippen LogP contribution in [0.25, 0.3) is 0 Å². The lowest BCUT2D eigenvalue weighted by Crippen LogP contribution is -2.56. The normalized spacial score (nSPS) is 13.4. The van der Waals surface area contributed by atoms with Gasteiger partial charge in [-0.05, 0) is 27.2 Å². The Morgan fingerprint density at radius 3 is 1.88 bits per heavy atom. The first-order chi connectivity index (χ1) is 7.66. The zero-order chi connectivity index (χ0) is 12.4. The van der Waals surface area contributed by atoms with E-state index in [0.29, 0.717) is 26.2 Å². The molecule has 5 nitrogen and oxygen atoms in total. The van der Waals surface area contributed by atoms with E-state index < -0.39 is 14.5 Å². The summed E-state index contributed by atoms with van der Waals surface area (Å²) in [5.41, 5.74) is -0.827. The molecule has 0 spiro atoms. The lowest BCUT2D eigenvalue weighted by atomic mass is 10.3. The van der Waals surface area contributed by atoms with Gasteiger partial charge in [-0.25, -0.2) is 0 Å². The van der Waals surface area contributed by atoms with Crippen LogP contribution in [0.1, 0.15) is 33.6 Å². The molecule has 0 saturated heterocycles. The molecule has 0 heterocycles. The van der Waals surface area contributed by atoms with Gasteiger partial charge in [0.05, 0.1) is 6.07 Å². The zero-order valence-corrected chi connectivity index (χ0v) is 11.2. The van der Waals surface area contributed by atoms with Crippen molar-refractivity contribution in [3.05, 3.63) is 0 Å². The van der Waals surface area contributed by atoms with Crippen molar-refractivity contribution in [2.45, 2.75) is 39.3 Å². The summed E-state index contributed by atoms with van der Waals surface area (Å²) >= 11 is 0. The SMILES string of the molecule is CCO[Si](OCC)(OCC)C(O)CCC#N. The van der Waals surface area contributed by atoms with Gasteiger partial charge in [0.2, 0.25) is 0 Å². The van der Waals surface area contributed by atoms with E-state index in [1.54, 1.807) is 0 Å². The summed E-state index contributed by atoms with van der Waals surface area (Å²) in [6.07, 6.45) is 0.589. The third-order valence-electron chi connectivity index (χ3n) is 1.97. The summed E-state index contributed by atoms with van der Waals surface area (Å²) in [4.78, 5) is 0. The lowest BCUT2D eigenvalue weighted by Gasteiger charge is -2.31. The quantitative estimate of drug-likeness (QED) is 0.621. The zero-order valence-electron chi connectivity index (χ0n) is 10.2. The number of aliphatic hydroxyl groups is 1. The average molecular weight is 247 g/mol. The van der Waals surface area contributed by atoms with Crippen LogP contribution in [0.4, 0.5) is 0 Å². The molecule has 0 rings (SSSR count). The summed E-state index contributed by atoms with van der Waals surface area (Å²) in [5.74, 6) is 0. The molecule has 1 unspecified atom stereocenters. The van der Waals surface area contributed by atoms with Gasteiger partial charge in [-0.1, -0.05) is 0 Å². The third-order valence-corrected chi connectivity index (χ3v) is 5.15. The largest absolute Gasteiger partial charge is 0.531 e. The molecule has 0 fully saturated rings. The van der Waals surface area contributed by atoms with Crippen LogP contribution in [-0.2, 0) is 13.3 Å². The van der Waals surface area contributed by atoms with Gasteiger partial charge >= 0.3 is 8.80 Å². The Hall–Kier alpha value is -0.453. The highest BCUT2D eigenvalue weighted by molar-refractivity contribution is 6.62. The number of rotatable bonds is 9. The van der Waals surface area contributed by atoms with Crippen molar-refractivity contribution in [1.29, 1.82) is 5.26 Å². The standard InChI is InChI=1S/C10H21NO4Si/c1-4-13-16(14-5-2,15-6-3)10(12)8-7-9-11/h10,12H,4-8H2,1-3H3. The van der Waals surface area contributed by atoms with E-state index >= 15 is 0 Å². The predicted octanol–water partition coefficient (Wildman–Crippen LogP) is 1.24. The molecule has 16 heavy (non-hydrogen) atoms. The topological polar surface area (TPSA) is 71.7 Å². The first kappa shape index (κ1) is 15.5. The van der Waals surface area contributed by atoms with E-state index in [2.05, 4.69) is 0 Å². The monoisotopic (exact) mass is 247 g/mol. The van der Waals surface area contributed by atoms with Gasteiger partial charge < -0.3 is 18.4 Å². The number of nitrogens with zero attached hydrogens (tertiary/aromatic N) is 1. The molecule has 0 amide bonds. The van der Waals surface area contributed by atoms with Crippen LogP contribution in [0.15, 0.2) is 0 Å². The molecule has 94 valence electrons. The van der Waals surface area contributed by atoms with Gasteiger partial charge in [0.1, 0.15) is 5.73 Å². The van der Waals surface area contributed by atoms with E-state index in [0.717, 1.165) is 0 Å². The van der Waals surface area contributed by atoms with Gasteiger partial charge in [0.25, 0.3) is 0 Å². The molecule has 0 aliphatic rings. The van der Waals surface area contributed by atoms with Crippen molar-refractivity contribution in [2.24, 2.45) is 0 Å². The van der Waals surface area contributed by atoms with Crippen LogP contribution in [-0.4, -0.2) is 39.5 Å². The Labute approximate surface area is 98.3 Å². The molecule has 0 bridgehead atoms. The molecule has 0 aromatic heterocycles. The average Bonchev–Trinajstić information content (AvgIpc) is 2.26. The molecule has 0 aliphatic heterocycles. The molecular formula is C10H21NO4Si. The maximum Gasteiger partial charge on any atom is 0.531 e. The number of nitriles is 1. The van der Waals surface area contributed by atoms with Crippen LogP contribution in [0.2, 0.25) is 0 Å². The van der Waals surface area contributed by atoms with Crippen molar-refractivity contribution in [1.82, 2.24) is 0 Å². The smallest absolute Gasteiger partial charge is 0.389 e. The fraction of sp³-hybridized carbons (Fsp3) is 0.900. The van der Waals surface area contributed by atoms with E-state index in [9.17, 15) is 5.11 Å². The predicted molar refractivity (Wildman–Crippen MR) is 61.5 cm³/mol. The first-order valence-electron chi connectivity index (χ1n) is 5.63. The molecule has 0 radical (unpaired) electrons. The van der Waals surface area contributed by atoms with E-state index in [1.807, 2.05) is 26.8 Å². The maximum atomic E-state index is 10.0. The van der Waals surface area contributed by atoms with Crippen LogP contribution < -0.4 is 0 Å². The lowest BCUT2D eigenvalue weighted by molar-refractivity contribution is 0.0203. The van der Waals surface area contributed by atoms with E-state index in [1.165, 1.54) is 0 Å². The number of hydrogen-bond donors (Lipinski definition) is 1. The fourth-order valence-electron chi connectivity index (χ4n) is 1.40. The Morgan fingerprint density at radius 2 is 1.56 bits per heavy atom. The first-order valence-corrected chi connectivity index (χ1v) is 7.43. The summed E-state index contributed by atoms with van der Waals surface area (Å²) < 4.78 is 16.5. The molecule has 6 heteroatoms. The second-order valence-corrected chi connectivity index (χ2v) is 5.85. The fourth-order valence-corrected chi connectivity index (χ4v) is 3.93. The summed E-state index contributed by atoms with van der Waals surface area (Å²) in [7, 11) is -3.03. The molecular weight excluding hydrogens is 226 g/mol. The number of hydrogen-bond acceptors (Lipinski definition) is 5. The van der Waals surface area contributed by atoms with Crippen molar-refractivity contribution in [3.63, 3.8) is 0 Å². The Morgan fingerprint density at radius 1 is 1.12 bits per heavy atom. The maximum absolute atomic E-state index is 10.0. The highest BCUT2D eigenvalue weighted by Gasteiger charge is 2.48. The van der Waals surface area contributed by atoms with Crippen molar-refractivity contribution >= 4 is 8.80 Å². The highest BCUT2D eigenvalue weighted by Crippen LogP contribution is 2.18. The molecule has 1 N–H and O–H groups in total. The minimum absolute atomic E-state index is 0.267. The third kappa shape index (κ3) is 4.59. The minimum Gasteiger partial charge on any atom is -0.389 e. The van der Waals surface area contributed by atoms with Crippen LogP contribution in [0.3, 0.4) is 0 Å². The highest BCUT2D eigenvalue weighted by atomic mass is 28.4. The second kappa shape index (κ2) is 8.67. The van der Waals surface area contributed by atoms with E-state index in [-0.39, 0.29) is 6.42 Å². The van der Waals surface area contributed by atoms with Gasteiger partial charge in [0.15, 0.2) is 0 Å². The van der Waals surface area contributed by atoms with Crippen molar-refractivity contribution < 1.29 is 18.4 Å². The summed E-state index contributed by atoms with van der Waals surface area (Å²) in [6.45, 7) is 6.77. The second-order valence-electron chi connectivity index (χ2n) is 3.12. The van der Waals surface area contributed by atoms with Crippen LogP contribution in [0.5, 0.6) is 0 Å². The summed E-state index contributed by atoms with van der Waals surface area (Å²) in [6, 6.07) is 1.99. The Balaban J connectivity index is 4.62. The Kier molecular flexibility index (Phi) is 8.43. The molecule has 0 aromatic rings. The van der Waals surface area contributed by atoms with Gasteiger partial charge in [-0.3, -0.25) is 0 Å². The molecule has 1 atom stereocenters. The van der Waals surface area contributed by atoms with Crippen LogP contribution in [0, 0.1) is 11.3 Å². The molecule has 0 aromatic carbocycles. The van der Waals surface area contributed by atoms with E-state index in [4.69, 9.17) is 18.5 Å². The van der Waals surface area contributed by atoms with Crippen molar-refractivity contribution in [2.75, 3.05) is 19.8 Å². The van der Waals surface area contributed by atoms with Crippen LogP contribution >= 0.6 is 0 Å². The molecule has 0 aliphatic carbocycles.